The van der Waals surface area contributed by atoms with Gasteiger partial charge in [0.25, 0.3) is 5.56 Å². The number of piperidine rings is 1. The molecule has 0 spiro atoms. The highest BCUT2D eigenvalue weighted by molar-refractivity contribution is 5.73. The lowest BCUT2D eigenvalue weighted by atomic mass is 9.83. The molecule has 4 rings (SSSR count). The maximum atomic E-state index is 12.3. The maximum Gasteiger partial charge on any atom is 0.262 e. The van der Waals surface area contributed by atoms with Crippen LogP contribution in [0.5, 0.6) is 0 Å². The van der Waals surface area contributed by atoms with Gasteiger partial charge in [0.15, 0.2) is 5.65 Å². The lowest BCUT2D eigenvalue weighted by molar-refractivity contribution is 0.205. The third-order valence-corrected chi connectivity index (χ3v) is 5.16. The fourth-order valence-corrected chi connectivity index (χ4v) is 3.65. The summed E-state index contributed by atoms with van der Waals surface area (Å²) in [6.07, 6.45) is 8.66. The van der Waals surface area contributed by atoms with Crippen LogP contribution in [0.4, 0.5) is 0 Å². The van der Waals surface area contributed by atoms with Crippen molar-refractivity contribution in [3.63, 3.8) is 0 Å². The molecule has 1 N–H and O–H groups in total. The van der Waals surface area contributed by atoms with Crippen LogP contribution in [0.1, 0.15) is 44.0 Å². The second-order valence-corrected chi connectivity index (χ2v) is 6.90. The van der Waals surface area contributed by atoms with Gasteiger partial charge in [-0.05, 0) is 32.4 Å². The molecule has 6 heteroatoms. The van der Waals surface area contributed by atoms with Gasteiger partial charge >= 0.3 is 0 Å². The Labute approximate surface area is 129 Å². The number of aromatic nitrogens is 4. The van der Waals surface area contributed by atoms with Gasteiger partial charge in [-0.15, -0.1) is 0 Å². The number of aromatic amines is 1. The first-order valence-electron chi connectivity index (χ1n) is 8.35. The molecule has 22 heavy (non-hydrogen) atoms. The molecule has 3 heterocycles. The molecular weight excluding hydrogens is 278 g/mol. The molecule has 0 aromatic carbocycles. The zero-order valence-electron chi connectivity index (χ0n) is 13.1. The summed E-state index contributed by atoms with van der Waals surface area (Å²) in [4.78, 5) is 22.3. The minimum absolute atomic E-state index is 0.0465. The van der Waals surface area contributed by atoms with Gasteiger partial charge in [0.05, 0.1) is 12.2 Å². The highest BCUT2D eigenvalue weighted by atomic mass is 16.1. The fraction of sp³-hybridized carbons (Fsp3) is 0.688. The van der Waals surface area contributed by atoms with Crippen molar-refractivity contribution in [2.45, 2.75) is 44.6 Å². The van der Waals surface area contributed by atoms with E-state index in [9.17, 15) is 4.79 Å². The van der Waals surface area contributed by atoms with Gasteiger partial charge in [-0.25, -0.2) is 9.67 Å². The van der Waals surface area contributed by atoms with E-state index < -0.39 is 0 Å². The molecule has 1 saturated carbocycles. The predicted molar refractivity (Wildman–Crippen MR) is 85.0 cm³/mol. The van der Waals surface area contributed by atoms with Crippen LogP contribution in [0.15, 0.2) is 11.0 Å². The molecule has 1 aliphatic heterocycles. The van der Waals surface area contributed by atoms with Crippen LogP contribution in [0, 0.1) is 5.92 Å². The predicted octanol–water partition coefficient (Wildman–Crippen LogP) is 1.73. The Kier molecular flexibility index (Phi) is 3.48. The standard InChI is InChI=1S/C16H23N5O/c1-20-7-3-6-12(10-20)21-15-13(9-17-21)16(22)19-14(18-15)8-11-4-2-5-11/h9,11-12H,2-8,10H2,1H3,(H,18,19,22). The summed E-state index contributed by atoms with van der Waals surface area (Å²) in [6, 6.07) is 0.321. The van der Waals surface area contributed by atoms with E-state index in [2.05, 4.69) is 22.0 Å². The second kappa shape index (κ2) is 5.50. The zero-order valence-corrected chi connectivity index (χ0v) is 13.1. The van der Waals surface area contributed by atoms with E-state index in [0.717, 1.165) is 37.4 Å². The number of H-pyrrole nitrogens is 1. The van der Waals surface area contributed by atoms with Crippen molar-refractivity contribution in [3.05, 3.63) is 22.4 Å². The summed E-state index contributed by atoms with van der Waals surface area (Å²) in [6.45, 7) is 2.11. The summed E-state index contributed by atoms with van der Waals surface area (Å²) in [5.74, 6) is 1.52. The number of nitrogens with zero attached hydrogens (tertiary/aromatic N) is 4. The lowest BCUT2D eigenvalue weighted by Crippen LogP contribution is -2.34. The molecule has 0 amide bonds. The number of likely N-dealkylation sites (tertiary alicyclic amines) is 1. The van der Waals surface area contributed by atoms with Crippen LogP contribution in [-0.2, 0) is 6.42 Å². The molecule has 2 fully saturated rings. The maximum absolute atomic E-state index is 12.3. The lowest BCUT2D eigenvalue weighted by Gasteiger charge is -2.30. The highest BCUT2D eigenvalue weighted by Gasteiger charge is 2.24. The fourth-order valence-electron chi connectivity index (χ4n) is 3.65. The van der Waals surface area contributed by atoms with Gasteiger partial charge in [-0.3, -0.25) is 4.79 Å². The summed E-state index contributed by atoms with van der Waals surface area (Å²) in [7, 11) is 2.14. The molecule has 2 aliphatic rings. The monoisotopic (exact) mass is 301 g/mol. The molecule has 1 unspecified atom stereocenters. The topological polar surface area (TPSA) is 66.8 Å². The van der Waals surface area contributed by atoms with Crippen molar-refractivity contribution >= 4 is 11.0 Å². The van der Waals surface area contributed by atoms with Crippen molar-refractivity contribution in [2.75, 3.05) is 20.1 Å². The van der Waals surface area contributed by atoms with Gasteiger partial charge in [-0.1, -0.05) is 19.3 Å². The first kappa shape index (κ1) is 13.9. The Morgan fingerprint density at radius 1 is 1.32 bits per heavy atom. The van der Waals surface area contributed by atoms with Crippen LogP contribution >= 0.6 is 0 Å². The van der Waals surface area contributed by atoms with Gasteiger partial charge < -0.3 is 9.88 Å². The van der Waals surface area contributed by atoms with Crippen LogP contribution in [0.2, 0.25) is 0 Å². The Hall–Kier alpha value is -1.69. The molecule has 0 bridgehead atoms. The summed E-state index contributed by atoms with van der Waals surface area (Å²) < 4.78 is 1.98. The molecule has 1 aliphatic carbocycles. The molecule has 1 atom stereocenters. The van der Waals surface area contributed by atoms with E-state index in [1.807, 2.05) is 4.68 Å². The zero-order chi connectivity index (χ0) is 15.1. The van der Waals surface area contributed by atoms with E-state index in [-0.39, 0.29) is 5.56 Å². The van der Waals surface area contributed by atoms with E-state index in [4.69, 9.17) is 4.98 Å². The summed E-state index contributed by atoms with van der Waals surface area (Å²) in [5.41, 5.74) is 0.716. The number of hydrogen-bond donors (Lipinski definition) is 1. The van der Waals surface area contributed by atoms with Gasteiger partial charge in [0, 0.05) is 13.0 Å². The van der Waals surface area contributed by atoms with E-state index >= 15 is 0 Å². The minimum Gasteiger partial charge on any atom is -0.310 e. The number of hydrogen-bond acceptors (Lipinski definition) is 4. The summed E-state index contributed by atoms with van der Waals surface area (Å²) in [5, 5.41) is 5.09. The average molecular weight is 301 g/mol. The molecule has 6 nitrogen and oxygen atoms in total. The Bertz CT molecular complexity index is 730. The third kappa shape index (κ3) is 2.45. The number of nitrogens with one attached hydrogen (secondary N) is 1. The van der Waals surface area contributed by atoms with Crippen LogP contribution in [-0.4, -0.2) is 44.8 Å². The average Bonchev–Trinajstić information content (AvgIpc) is 2.87. The molecule has 0 radical (unpaired) electrons. The van der Waals surface area contributed by atoms with Crippen LogP contribution in [0.25, 0.3) is 11.0 Å². The van der Waals surface area contributed by atoms with Crippen molar-refractivity contribution in [2.24, 2.45) is 5.92 Å². The number of likely N-dealkylation sites (N-methyl/N-ethyl adjacent to an activating group) is 1. The first-order chi connectivity index (χ1) is 10.7. The number of rotatable bonds is 3. The molecule has 118 valence electrons. The third-order valence-electron chi connectivity index (χ3n) is 5.16. The van der Waals surface area contributed by atoms with Gasteiger partial charge in [-0.2, -0.15) is 5.10 Å². The highest BCUT2D eigenvalue weighted by Crippen LogP contribution is 2.29. The molecular formula is C16H23N5O. The first-order valence-corrected chi connectivity index (χ1v) is 8.35. The Morgan fingerprint density at radius 3 is 2.91 bits per heavy atom. The van der Waals surface area contributed by atoms with Gasteiger partial charge in [0.2, 0.25) is 0 Å². The molecule has 2 aromatic rings. The van der Waals surface area contributed by atoms with E-state index in [0.29, 0.717) is 17.3 Å². The number of fused-ring (bicyclic) bond motifs is 1. The molecule has 2 aromatic heterocycles. The van der Waals surface area contributed by atoms with Crippen molar-refractivity contribution in [1.29, 1.82) is 0 Å². The normalized spacial score (nSPS) is 23.8. The van der Waals surface area contributed by atoms with Crippen LogP contribution in [0.3, 0.4) is 0 Å². The van der Waals surface area contributed by atoms with Crippen molar-refractivity contribution < 1.29 is 0 Å². The van der Waals surface area contributed by atoms with E-state index in [1.54, 1.807) is 6.20 Å². The van der Waals surface area contributed by atoms with Crippen molar-refractivity contribution in [3.8, 4) is 0 Å². The van der Waals surface area contributed by atoms with E-state index in [1.165, 1.54) is 25.7 Å². The smallest absolute Gasteiger partial charge is 0.262 e. The second-order valence-electron chi connectivity index (χ2n) is 6.90. The quantitative estimate of drug-likeness (QED) is 0.937. The minimum atomic E-state index is -0.0465. The van der Waals surface area contributed by atoms with Crippen molar-refractivity contribution in [1.82, 2.24) is 24.6 Å². The largest absolute Gasteiger partial charge is 0.310 e. The van der Waals surface area contributed by atoms with Gasteiger partial charge in [0.1, 0.15) is 11.2 Å². The SMILES string of the molecule is CN1CCCC(n2ncc3c(=O)[nH]c(CC4CCC4)nc32)C1. The molecule has 1 saturated heterocycles. The Morgan fingerprint density at radius 2 is 2.18 bits per heavy atom. The summed E-state index contributed by atoms with van der Waals surface area (Å²) >= 11 is 0. The Balaban J connectivity index is 1.70. The van der Waals surface area contributed by atoms with Crippen LogP contribution < -0.4 is 5.56 Å².